The fourth-order valence-corrected chi connectivity index (χ4v) is 3.03. The molecule has 23 heavy (non-hydrogen) atoms. The standard InChI is InChI=1S/C17H19N5O/c18-9-13-5-2-1-4-12(13)8-15-16(20-11-21-17(15)23)22-7-3-6-14(19)10-22/h1-2,4-5,11,14H,3,6-8,10,19H2,(H,20,21,23)/t14-/m1/s1. The largest absolute Gasteiger partial charge is 0.355 e. The number of aromatic nitrogens is 2. The molecule has 3 N–H and O–H groups in total. The Balaban J connectivity index is 1.99. The number of anilines is 1. The zero-order valence-corrected chi connectivity index (χ0v) is 12.8. The van der Waals surface area contributed by atoms with Crippen molar-refractivity contribution >= 4 is 5.82 Å². The van der Waals surface area contributed by atoms with Gasteiger partial charge in [0.1, 0.15) is 5.82 Å². The van der Waals surface area contributed by atoms with E-state index in [0.29, 0.717) is 29.9 Å². The normalized spacial score (nSPS) is 17.7. The van der Waals surface area contributed by atoms with Crippen molar-refractivity contribution in [3.8, 4) is 6.07 Å². The summed E-state index contributed by atoms with van der Waals surface area (Å²) in [6.45, 7) is 1.54. The van der Waals surface area contributed by atoms with Crippen LogP contribution in [0.1, 0.15) is 29.5 Å². The smallest absolute Gasteiger partial charge is 0.256 e. The molecule has 6 heteroatoms. The molecule has 1 aliphatic heterocycles. The Morgan fingerprint density at radius 2 is 2.26 bits per heavy atom. The molecule has 1 aromatic carbocycles. The van der Waals surface area contributed by atoms with Gasteiger partial charge in [-0.05, 0) is 24.5 Å². The maximum atomic E-state index is 12.3. The Hall–Kier alpha value is -2.65. The fraction of sp³-hybridized carbons (Fsp3) is 0.353. The number of hydrogen-bond donors (Lipinski definition) is 2. The second kappa shape index (κ2) is 6.63. The number of rotatable bonds is 3. The highest BCUT2D eigenvalue weighted by Gasteiger charge is 2.22. The predicted molar refractivity (Wildman–Crippen MR) is 88.2 cm³/mol. The Morgan fingerprint density at radius 1 is 1.43 bits per heavy atom. The van der Waals surface area contributed by atoms with Crippen LogP contribution in [0.25, 0.3) is 0 Å². The molecule has 3 rings (SSSR count). The summed E-state index contributed by atoms with van der Waals surface area (Å²) < 4.78 is 0. The van der Waals surface area contributed by atoms with Crippen molar-refractivity contribution < 1.29 is 0 Å². The Morgan fingerprint density at radius 3 is 3.04 bits per heavy atom. The molecule has 0 radical (unpaired) electrons. The molecule has 6 nitrogen and oxygen atoms in total. The van der Waals surface area contributed by atoms with Crippen molar-refractivity contribution in [3.63, 3.8) is 0 Å². The zero-order chi connectivity index (χ0) is 16.2. The van der Waals surface area contributed by atoms with Crippen LogP contribution in [0.5, 0.6) is 0 Å². The van der Waals surface area contributed by atoms with Gasteiger partial charge in [0.2, 0.25) is 0 Å². The average Bonchev–Trinajstić information content (AvgIpc) is 2.57. The lowest BCUT2D eigenvalue weighted by atomic mass is 10.00. The van der Waals surface area contributed by atoms with Crippen molar-refractivity contribution in [3.05, 3.63) is 57.6 Å². The van der Waals surface area contributed by atoms with Crippen LogP contribution in [-0.4, -0.2) is 29.1 Å². The lowest BCUT2D eigenvalue weighted by Gasteiger charge is -2.32. The second-order valence-electron chi connectivity index (χ2n) is 5.83. The predicted octanol–water partition coefficient (Wildman–Crippen LogP) is 1.16. The molecule has 0 amide bonds. The summed E-state index contributed by atoms with van der Waals surface area (Å²) in [5.74, 6) is 0.677. The first-order valence-electron chi connectivity index (χ1n) is 7.74. The van der Waals surface area contributed by atoms with Crippen LogP contribution >= 0.6 is 0 Å². The van der Waals surface area contributed by atoms with Crippen molar-refractivity contribution in [1.82, 2.24) is 9.97 Å². The topological polar surface area (TPSA) is 98.8 Å². The highest BCUT2D eigenvalue weighted by molar-refractivity contribution is 5.50. The van der Waals surface area contributed by atoms with Gasteiger partial charge in [-0.1, -0.05) is 18.2 Å². The first-order valence-corrected chi connectivity index (χ1v) is 7.74. The summed E-state index contributed by atoms with van der Waals surface area (Å²) in [7, 11) is 0. The number of nitrogens with two attached hydrogens (primary N) is 1. The van der Waals surface area contributed by atoms with E-state index in [-0.39, 0.29) is 11.6 Å². The van der Waals surface area contributed by atoms with E-state index in [2.05, 4.69) is 20.9 Å². The van der Waals surface area contributed by atoms with Gasteiger partial charge in [-0.25, -0.2) is 4.98 Å². The number of hydrogen-bond acceptors (Lipinski definition) is 5. The first kappa shape index (κ1) is 15.3. The molecule has 0 aliphatic carbocycles. The highest BCUT2D eigenvalue weighted by atomic mass is 16.1. The monoisotopic (exact) mass is 309 g/mol. The molecule has 1 saturated heterocycles. The fourth-order valence-electron chi connectivity index (χ4n) is 3.03. The maximum absolute atomic E-state index is 12.3. The van der Waals surface area contributed by atoms with E-state index in [1.807, 2.05) is 18.2 Å². The lowest BCUT2D eigenvalue weighted by Crippen LogP contribution is -2.44. The van der Waals surface area contributed by atoms with Crippen molar-refractivity contribution in [2.75, 3.05) is 18.0 Å². The number of nitrogens with one attached hydrogen (secondary N) is 1. The Kier molecular flexibility index (Phi) is 4.40. The van der Waals surface area contributed by atoms with Gasteiger partial charge >= 0.3 is 0 Å². The van der Waals surface area contributed by atoms with Gasteiger partial charge < -0.3 is 15.6 Å². The number of nitriles is 1. The van der Waals surface area contributed by atoms with E-state index in [0.717, 1.165) is 24.9 Å². The van der Waals surface area contributed by atoms with Crippen LogP contribution in [0.15, 0.2) is 35.4 Å². The van der Waals surface area contributed by atoms with Gasteiger partial charge in [0.05, 0.1) is 23.5 Å². The molecule has 0 unspecified atom stereocenters. The molecule has 1 fully saturated rings. The number of benzene rings is 1. The van der Waals surface area contributed by atoms with Gasteiger partial charge in [0, 0.05) is 25.6 Å². The van der Waals surface area contributed by atoms with Crippen LogP contribution in [-0.2, 0) is 6.42 Å². The molecule has 118 valence electrons. The summed E-state index contributed by atoms with van der Waals surface area (Å²) in [6, 6.07) is 9.60. The zero-order valence-electron chi connectivity index (χ0n) is 12.8. The van der Waals surface area contributed by atoms with E-state index in [1.54, 1.807) is 6.07 Å². The average molecular weight is 309 g/mol. The van der Waals surface area contributed by atoms with Crippen LogP contribution in [0.2, 0.25) is 0 Å². The minimum absolute atomic E-state index is 0.101. The molecule has 1 atom stereocenters. The van der Waals surface area contributed by atoms with Crippen LogP contribution in [0, 0.1) is 11.3 Å². The van der Waals surface area contributed by atoms with Gasteiger partial charge in [-0.3, -0.25) is 4.79 Å². The third kappa shape index (κ3) is 3.25. The molecular formula is C17H19N5O. The summed E-state index contributed by atoms with van der Waals surface area (Å²) in [6.07, 6.45) is 3.79. The summed E-state index contributed by atoms with van der Waals surface area (Å²) in [4.78, 5) is 21.4. The molecule has 0 spiro atoms. The number of nitrogens with zero attached hydrogens (tertiary/aromatic N) is 3. The minimum atomic E-state index is -0.165. The number of piperidine rings is 1. The number of H-pyrrole nitrogens is 1. The van der Waals surface area contributed by atoms with Crippen LogP contribution in [0.4, 0.5) is 5.82 Å². The summed E-state index contributed by atoms with van der Waals surface area (Å²) >= 11 is 0. The molecule has 1 aromatic heterocycles. The second-order valence-corrected chi connectivity index (χ2v) is 5.83. The first-order chi connectivity index (χ1) is 11.2. The van der Waals surface area contributed by atoms with E-state index in [4.69, 9.17) is 5.73 Å². The van der Waals surface area contributed by atoms with Crippen molar-refractivity contribution in [2.45, 2.75) is 25.3 Å². The lowest BCUT2D eigenvalue weighted by molar-refractivity contribution is 0.502. The Labute approximate surface area is 134 Å². The van der Waals surface area contributed by atoms with E-state index >= 15 is 0 Å². The maximum Gasteiger partial charge on any atom is 0.256 e. The van der Waals surface area contributed by atoms with Gasteiger partial charge in [-0.2, -0.15) is 5.26 Å². The molecular weight excluding hydrogens is 290 g/mol. The SMILES string of the molecule is N#Cc1ccccc1Cc1c(N2CCC[C@@H](N)C2)nc[nH]c1=O. The van der Waals surface area contributed by atoms with Crippen LogP contribution in [0.3, 0.4) is 0 Å². The summed E-state index contributed by atoms with van der Waals surface area (Å²) in [5.41, 5.74) is 7.88. The van der Waals surface area contributed by atoms with E-state index < -0.39 is 0 Å². The van der Waals surface area contributed by atoms with Gasteiger partial charge in [0.25, 0.3) is 5.56 Å². The van der Waals surface area contributed by atoms with Crippen molar-refractivity contribution in [1.29, 1.82) is 5.26 Å². The van der Waals surface area contributed by atoms with Crippen LogP contribution < -0.4 is 16.2 Å². The van der Waals surface area contributed by atoms with E-state index in [9.17, 15) is 10.1 Å². The van der Waals surface area contributed by atoms with Gasteiger partial charge in [-0.15, -0.1) is 0 Å². The minimum Gasteiger partial charge on any atom is -0.355 e. The molecule has 1 aliphatic rings. The highest BCUT2D eigenvalue weighted by Crippen LogP contribution is 2.22. The quantitative estimate of drug-likeness (QED) is 0.886. The third-order valence-electron chi connectivity index (χ3n) is 4.19. The summed E-state index contributed by atoms with van der Waals surface area (Å²) in [5, 5.41) is 9.24. The van der Waals surface area contributed by atoms with Crippen molar-refractivity contribution in [2.24, 2.45) is 5.73 Å². The molecule has 2 aromatic rings. The third-order valence-corrected chi connectivity index (χ3v) is 4.19. The Bertz CT molecular complexity index is 792. The van der Waals surface area contributed by atoms with Gasteiger partial charge in [0.15, 0.2) is 0 Å². The molecule has 2 heterocycles. The molecule has 0 saturated carbocycles. The van der Waals surface area contributed by atoms with E-state index in [1.165, 1.54) is 6.33 Å². The number of aromatic amines is 1. The molecule has 0 bridgehead atoms.